The van der Waals surface area contributed by atoms with Gasteiger partial charge in [0.25, 0.3) is 0 Å². The van der Waals surface area contributed by atoms with E-state index >= 15 is 0 Å². The van der Waals surface area contributed by atoms with Gasteiger partial charge in [0.15, 0.2) is 6.20 Å². The average molecular weight is 214 g/mol. The van der Waals surface area contributed by atoms with Gasteiger partial charge in [-0.05, 0) is 5.56 Å². The molecule has 0 unspecified atom stereocenters. The van der Waals surface area contributed by atoms with Crippen LogP contribution < -0.4 is 5.10 Å². The number of aromatic nitrogens is 2. The van der Waals surface area contributed by atoms with Crippen molar-refractivity contribution in [3.05, 3.63) is 53.3 Å². The molecule has 3 rings (SSSR count). The first-order chi connectivity index (χ1) is 7.92. The monoisotopic (exact) mass is 214 g/mol. The standard InChI is InChI=1S/C13H15N3/c1-2-4-11(5-3-1)9-16-7-6-13-12(10-16)8-14-15-13/h1-5,8H,6-7,9-10H2,(H,14,15)/p+1. The predicted octanol–water partition coefficient (Wildman–Crippen LogP) is 1.39. The van der Waals surface area contributed by atoms with E-state index in [-0.39, 0.29) is 0 Å². The molecule has 0 saturated carbocycles. The summed E-state index contributed by atoms with van der Waals surface area (Å²) < 4.78 is 0. The minimum atomic E-state index is 1.05. The molecular formula is C13H16N3+. The number of nitrogens with one attached hydrogen (secondary N) is 2. The van der Waals surface area contributed by atoms with Gasteiger partial charge in [0, 0.05) is 26.1 Å². The third-order valence-corrected chi connectivity index (χ3v) is 3.18. The second kappa shape index (κ2) is 4.10. The highest BCUT2D eigenvalue weighted by atomic mass is 15.2. The average Bonchev–Trinajstić information content (AvgIpc) is 2.77. The SMILES string of the molecule is c1ccc(CN2CCc3[nH][nH+]cc3C2)cc1. The van der Waals surface area contributed by atoms with Crippen LogP contribution in [0.4, 0.5) is 0 Å². The number of fused-ring (bicyclic) bond motifs is 1. The highest BCUT2D eigenvalue weighted by molar-refractivity contribution is 5.19. The van der Waals surface area contributed by atoms with Gasteiger partial charge in [0.2, 0.25) is 0 Å². The summed E-state index contributed by atoms with van der Waals surface area (Å²) in [6, 6.07) is 10.7. The smallest absolute Gasteiger partial charge is 0.197 e. The Morgan fingerprint density at radius 2 is 2.12 bits per heavy atom. The van der Waals surface area contributed by atoms with Crippen LogP contribution in [0, 0.1) is 0 Å². The van der Waals surface area contributed by atoms with E-state index in [9.17, 15) is 0 Å². The molecule has 2 N–H and O–H groups in total. The lowest BCUT2D eigenvalue weighted by molar-refractivity contribution is -0.450. The van der Waals surface area contributed by atoms with Crippen molar-refractivity contribution in [2.75, 3.05) is 6.54 Å². The molecule has 0 fully saturated rings. The normalized spacial score (nSPS) is 16.0. The van der Waals surface area contributed by atoms with Crippen LogP contribution in [0.25, 0.3) is 0 Å². The molecule has 3 nitrogen and oxygen atoms in total. The van der Waals surface area contributed by atoms with Gasteiger partial charge >= 0.3 is 0 Å². The van der Waals surface area contributed by atoms with Crippen molar-refractivity contribution in [1.82, 2.24) is 10.00 Å². The first-order valence-corrected chi connectivity index (χ1v) is 5.75. The Morgan fingerprint density at radius 3 is 3.00 bits per heavy atom. The maximum Gasteiger partial charge on any atom is 0.197 e. The molecule has 2 heterocycles. The number of nitrogens with zero attached hydrogens (tertiary/aromatic N) is 1. The van der Waals surface area contributed by atoms with Crippen LogP contribution in [-0.4, -0.2) is 16.5 Å². The third-order valence-electron chi connectivity index (χ3n) is 3.18. The van der Waals surface area contributed by atoms with Crippen LogP contribution in [0.15, 0.2) is 36.5 Å². The number of H-pyrrole nitrogens is 2. The van der Waals surface area contributed by atoms with Crippen LogP contribution in [0.5, 0.6) is 0 Å². The zero-order chi connectivity index (χ0) is 10.8. The summed E-state index contributed by atoms with van der Waals surface area (Å²) in [5, 5.41) is 6.26. The summed E-state index contributed by atoms with van der Waals surface area (Å²) >= 11 is 0. The molecule has 0 aliphatic carbocycles. The molecule has 0 atom stereocenters. The van der Waals surface area contributed by atoms with E-state index < -0.39 is 0 Å². The van der Waals surface area contributed by atoms with Gasteiger partial charge in [-0.15, -0.1) is 5.10 Å². The van der Waals surface area contributed by atoms with Gasteiger partial charge in [-0.2, -0.15) is 5.10 Å². The lowest BCUT2D eigenvalue weighted by atomic mass is 10.1. The van der Waals surface area contributed by atoms with E-state index in [0.717, 1.165) is 26.1 Å². The summed E-state index contributed by atoms with van der Waals surface area (Å²) in [7, 11) is 0. The minimum Gasteiger partial charge on any atom is -0.294 e. The van der Waals surface area contributed by atoms with Crippen molar-refractivity contribution in [3.8, 4) is 0 Å². The minimum absolute atomic E-state index is 1.05. The molecule has 3 heteroatoms. The summed E-state index contributed by atoms with van der Waals surface area (Å²) in [5.74, 6) is 0. The fourth-order valence-corrected chi connectivity index (χ4v) is 2.31. The van der Waals surface area contributed by atoms with Gasteiger partial charge in [-0.3, -0.25) is 4.90 Å². The summed E-state index contributed by atoms with van der Waals surface area (Å²) in [5.41, 5.74) is 4.16. The first kappa shape index (κ1) is 9.60. The zero-order valence-corrected chi connectivity index (χ0v) is 9.24. The van der Waals surface area contributed by atoms with Gasteiger partial charge in [0.05, 0.1) is 11.3 Å². The van der Waals surface area contributed by atoms with Crippen LogP contribution in [0.2, 0.25) is 0 Å². The fraction of sp³-hybridized carbons (Fsp3) is 0.308. The summed E-state index contributed by atoms with van der Waals surface area (Å²) in [4.78, 5) is 2.49. The second-order valence-electron chi connectivity index (χ2n) is 4.36. The molecule has 2 aromatic rings. The molecule has 0 radical (unpaired) electrons. The van der Waals surface area contributed by atoms with E-state index in [2.05, 4.69) is 51.6 Å². The molecule has 82 valence electrons. The van der Waals surface area contributed by atoms with Crippen LogP contribution in [-0.2, 0) is 19.5 Å². The molecule has 16 heavy (non-hydrogen) atoms. The topological polar surface area (TPSA) is 33.2 Å². The Labute approximate surface area is 95.1 Å². The Hall–Kier alpha value is -1.61. The maximum atomic E-state index is 3.19. The van der Waals surface area contributed by atoms with Crippen molar-refractivity contribution in [3.63, 3.8) is 0 Å². The number of rotatable bonds is 2. The van der Waals surface area contributed by atoms with Gasteiger partial charge < -0.3 is 0 Å². The van der Waals surface area contributed by atoms with Crippen LogP contribution in [0.1, 0.15) is 16.8 Å². The molecular weight excluding hydrogens is 198 g/mol. The summed E-state index contributed by atoms with van der Waals surface area (Å²) in [6.45, 7) is 3.23. The van der Waals surface area contributed by atoms with Crippen molar-refractivity contribution >= 4 is 0 Å². The fourth-order valence-electron chi connectivity index (χ4n) is 2.31. The van der Waals surface area contributed by atoms with E-state index in [1.165, 1.54) is 16.8 Å². The van der Waals surface area contributed by atoms with Gasteiger partial charge in [0.1, 0.15) is 0 Å². The number of hydrogen-bond acceptors (Lipinski definition) is 1. The van der Waals surface area contributed by atoms with E-state index in [1.807, 2.05) is 0 Å². The van der Waals surface area contributed by atoms with Crippen molar-refractivity contribution < 1.29 is 5.10 Å². The molecule has 0 saturated heterocycles. The van der Waals surface area contributed by atoms with E-state index in [1.54, 1.807) is 0 Å². The lowest BCUT2D eigenvalue weighted by Gasteiger charge is -2.25. The second-order valence-corrected chi connectivity index (χ2v) is 4.36. The van der Waals surface area contributed by atoms with Gasteiger partial charge in [-0.1, -0.05) is 30.3 Å². The highest BCUT2D eigenvalue weighted by Gasteiger charge is 2.19. The molecule has 0 amide bonds. The van der Waals surface area contributed by atoms with Crippen molar-refractivity contribution in [2.24, 2.45) is 0 Å². The van der Waals surface area contributed by atoms with E-state index in [0.29, 0.717) is 0 Å². The van der Waals surface area contributed by atoms with Crippen molar-refractivity contribution in [1.29, 1.82) is 0 Å². The Kier molecular flexibility index (Phi) is 2.46. The highest BCUT2D eigenvalue weighted by Crippen LogP contribution is 2.16. The lowest BCUT2D eigenvalue weighted by Crippen LogP contribution is -2.29. The number of hydrogen-bond donors (Lipinski definition) is 1. The number of aromatic amines is 2. The number of benzene rings is 1. The zero-order valence-electron chi connectivity index (χ0n) is 9.24. The van der Waals surface area contributed by atoms with Gasteiger partial charge in [-0.25, -0.2) is 0 Å². The molecule has 1 aliphatic rings. The summed E-state index contributed by atoms with van der Waals surface area (Å²) in [6.07, 6.45) is 3.19. The molecule has 1 aliphatic heterocycles. The third kappa shape index (κ3) is 1.86. The van der Waals surface area contributed by atoms with Crippen molar-refractivity contribution in [2.45, 2.75) is 19.5 Å². The predicted molar refractivity (Wildman–Crippen MR) is 61.6 cm³/mol. The van der Waals surface area contributed by atoms with E-state index in [4.69, 9.17) is 0 Å². The Morgan fingerprint density at radius 1 is 1.25 bits per heavy atom. The largest absolute Gasteiger partial charge is 0.294 e. The molecule has 1 aromatic heterocycles. The first-order valence-electron chi connectivity index (χ1n) is 5.75. The van der Waals surface area contributed by atoms with Crippen LogP contribution >= 0.6 is 0 Å². The molecule has 0 bridgehead atoms. The maximum absolute atomic E-state index is 3.19. The quantitative estimate of drug-likeness (QED) is 0.805. The molecule has 1 aromatic carbocycles. The molecule has 0 spiro atoms. The van der Waals surface area contributed by atoms with Crippen LogP contribution in [0.3, 0.4) is 0 Å². The Bertz CT molecular complexity index is 461. The Balaban J connectivity index is 1.71.